The molecule has 4 aromatic rings. The average Bonchev–Trinajstić information content (AvgIpc) is 2.96. The maximum atomic E-state index is 14.1. The van der Waals surface area contributed by atoms with Crippen molar-refractivity contribution in [3.8, 4) is 11.1 Å². The Hall–Kier alpha value is -3.97. The highest BCUT2D eigenvalue weighted by molar-refractivity contribution is 6.07. The third kappa shape index (κ3) is 6.68. The zero-order chi connectivity index (χ0) is 29.5. The molecule has 2 amide bonds. The first-order valence-electron chi connectivity index (χ1n) is 14.7. The van der Waals surface area contributed by atoms with E-state index in [4.69, 9.17) is 0 Å². The summed E-state index contributed by atoms with van der Waals surface area (Å²) < 4.78 is 1.68. The second-order valence-electron chi connectivity index (χ2n) is 11.2. The molecule has 0 unspecified atom stereocenters. The van der Waals surface area contributed by atoms with Crippen LogP contribution in [0.5, 0.6) is 0 Å². The van der Waals surface area contributed by atoms with Gasteiger partial charge in [0.1, 0.15) is 11.3 Å². The summed E-state index contributed by atoms with van der Waals surface area (Å²) in [5.41, 5.74) is 5.94. The van der Waals surface area contributed by atoms with Crippen molar-refractivity contribution >= 4 is 28.4 Å². The van der Waals surface area contributed by atoms with Gasteiger partial charge in [-0.15, -0.1) is 0 Å². The number of pyridine rings is 2. The van der Waals surface area contributed by atoms with Crippen LogP contribution in [0, 0.1) is 0 Å². The average molecular weight is 555 g/mol. The molecule has 2 aromatic carbocycles. The molecule has 0 bridgehead atoms. The number of para-hydroxylation sites is 1. The van der Waals surface area contributed by atoms with Crippen LogP contribution in [-0.4, -0.2) is 27.3 Å². The number of rotatable bonds is 11. The molecule has 0 saturated carbocycles. The van der Waals surface area contributed by atoms with Crippen LogP contribution in [0.25, 0.3) is 22.2 Å². The minimum atomic E-state index is -0.458. The Kier molecular flexibility index (Phi) is 9.95. The minimum absolute atomic E-state index is 0.105. The lowest BCUT2D eigenvalue weighted by atomic mass is 9.93. The van der Waals surface area contributed by atoms with E-state index in [9.17, 15) is 14.7 Å². The number of amides is 2. The maximum Gasteiger partial charge on any atom is 0.323 e. The van der Waals surface area contributed by atoms with E-state index in [2.05, 4.69) is 50.2 Å². The zero-order valence-corrected chi connectivity index (χ0v) is 24.8. The lowest BCUT2D eigenvalue weighted by molar-refractivity contribution is 0.262. The summed E-state index contributed by atoms with van der Waals surface area (Å²) in [7, 11) is 0. The monoisotopic (exact) mass is 554 g/mol. The molecular weight excluding hydrogens is 512 g/mol. The number of urea groups is 1. The maximum absolute atomic E-state index is 14.1. The van der Waals surface area contributed by atoms with Crippen molar-refractivity contribution in [3.05, 3.63) is 87.8 Å². The molecular formula is C34H42N4O3. The summed E-state index contributed by atoms with van der Waals surface area (Å²) in [4.78, 5) is 32.5. The number of aromatic nitrogens is 2. The second kappa shape index (κ2) is 13.6. The topological polar surface area (TPSA) is 96.2 Å². The van der Waals surface area contributed by atoms with Gasteiger partial charge in [-0.2, -0.15) is 0 Å². The summed E-state index contributed by atoms with van der Waals surface area (Å²) in [5, 5.41) is 16.2. The Bertz CT molecular complexity index is 1550. The lowest BCUT2D eigenvalue weighted by Gasteiger charge is -2.22. The summed E-state index contributed by atoms with van der Waals surface area (Å²) in [6.07, 6.45) is 4.78. The van der Waals surface area contributed by atoms with Crippen LogP contribution in [0.1, 0.15) is 82.4 Å². The molecule has 0 aliphatic rings. The van der Waals surface area contributed by atoms with Crippen LogP contribution in [0.2, 0.25) is 0 Å². The van der Waals surface area contributed by atoms with Gasteiger partial charge < -0.3 is 15.7 Å². The van der Waals surface area contributed by atoms with Crippen molar-refractivity contribution in [2.24, 2.45) is 0 Å². The van der Waals surface area contributed by atoms with E-state index in [1.54, 1.807) is 10.8 Å². The number of unbranched alkanes of at least 4 members (excludes halogenated alkanes) is 1. The standard InChI is InChI=1S/C34H42N4O3/c1-6-7-19-38-32-28(17-10-18-35-32)29(25-14-8-12-24(21-25)13-11-20-39)31(33(38)40)37-34(41)36-30-26(22(2)3)15-9-16-27(30)23(4)5/h8-10,12,14-18,21-23,39H,6-7,11,13,19-20H2,1-5H3,(H2,36,37,41). The van der Waals surface area contributed by atoms with Gasteiger partial charge in [0.25, 0.3) is 5.56 Å². The van der Waals surface area contributed by atoms with Gasteiger partial charge in [-0.3, -0.25) is 9.36 Å². The predicted molar refractivity (Wildman–Crippen MR) is 169 cm³/mol. The van der Waals surface area contributed by atoms with Gasteiger partial charge >= 0.3 is 6.03 Å². The van der Waals surface area contributed by atoms with Crippen molar-refractivity contribution in [2.75, 3.05) is 17.2 Å². The molecule has 0 atom stereocenters. The largest absolute Gasteiger partial charge is 0.396 e. The van der Waals surface area contributed by atoms with E-state index in [0.717, 1.165) is 46.2 Å². The third-order valence-electron chi connectivity index (χ3n) is 7.45. The molecule has 4 rings (SSSR count). The minimum Gasteiger partial charge on any atom is -0.396 e. The number of benzene rings is 2. The molecule has 0 saturated heterocycles. The molecule has 0 fully saturated rings. The van der Waals surface area contributed by atoms with Gasteiger partial charge in [-0.05, 0) is 65.5 Å². The molecule has 3 N–H and O–H groups in total. The van der Waals surface area contributed by atoms with Gasteiger partial charge in [-0.25, -0.2) is 9.78 Å². The molecule has 2 aromatic heterocycles. The molecule has 0 radical (unpaired) electrons. The highest BCUT2D eigenvalue weighted by Crippen LogP contribution is 2.35. The number of aliphatic hydroxyl groups excluding tert-OH is 1. The zero-order valence-electron chi connectivity index (χ0n) is 24.8. The van der Waals surface area contributed by atoms with E-state index in [1.807, 2.05) is 54.6 Å². The van der Waals surface area contributed by atoms with Crippen LogP contribution < -0.4 is 16.2 Å². The van der Waals surface area contributed by atoms with E-state index in [-0.39, 0.29) is 29.7 Å². The van der Waals surface area contributed by atoms with Crippen LogP contribution >= 0.6 is 0 Å². The molecule has 216 valence electrons. The number of nitrogens with one attached hydrogen (secondary N) is 2. The van der Waals surface area contributed by atoms with Gasteiger partial charge in [0.2, 0.25) is 0 Å². The van der Waals surface area contributed by atoms with Gasteiger partial charge in [0, 0.05) is 36.0 Å². The number of fused-ring (bicyclic) bond motifs is 1. The number of anilines is 2. The quantitative estimate of drug-likeness (QED) is 0.177. The normalized spacial score (nSPS) is 11.4. The molecule has 0 aliphatic heterocycles. The Morgan fingerprint density at radius 1 is 0.927 bits per heavy atom. The fourth-order valence-electron chi connectivity index (χ4n) is 5.34. The smallest absolute Gasteiger partial charge is 0.323 e. The SMILES string of the molecule is CCCCn1c(=O)c(NC(=O)Nc2c(C(C)C)cccc2C(C)C)c(-c2cccc(CCCO)c2)c2cccnc21. The van der Waals surface area contributed by atoms with Gasteiger partial charge in [-0.1, -0.05) is 83.5 Å². The number of hydrogen-bond acceptors (Lipinski definition) is 4. The highest BCUT2D eigenvalue weighted by atomic mass is 16.3. The first kappa shape index (κ1) is 30.0. The molecule has 41 heavy (non-hydrogen) atoms. The van der Waals surface area contributed by atoms with E-state index in [1.165, 1.54) is 0 Å². The van der Waals surface area contributed by atoms with Crippen molar-refractivity contribution < 1.29 is 9.90 Å². The summed E-state index contributed by atoms with van der Waals surface area (Å²) in [5.74, 6) is 0.415. The van der Waals surface area contributed by atoms with Crippen LogP contribution in [-0.2, 0) is 13.0 Å². The van der Waals surface area contributed by atoms with Crippen molar-refractivity contribution in [3.63, 3.8) is 0 Å². The van der Waals surface area contributed by atoms with Gasteiger partial charge in [0.05, 0.1) is 0 Å². The van der Waals surface area contributed by atoms with Crippen LogP contribution in [0.4, 0.5) is 16.2 Å². The Balaban J connectivity index is 1.88. The molecule has 7 heteroatoms. The number of aryl methyl sites for hydroxylation is 2. The van der Waals surface area contributed by atoms with Crippen LogP contribution in [0.15, 0.2) is 65.6 Å². The number of carbonyl (C=O) groups is 1. The third-order valence-corrected chi connectivity index (χ3v) is 7.45. The Morgan fingerprint density at radius 2 is 1.61 bits per heavy atom. The fraction of sp³-hybridized carbons (Fsp3) is 0.382. The first-order chi connectivity index (χ1) is 19.8. The summed E-state index contributed by atoms with van der Waals surface area (Å²) >= 11 is 0. The van der Waals surface area contributed by atoms with E-state index < -0.39 is 6.03 Å². The number of hydrogen-bond donors (Lipinski definition) is 3. The second-order valence-corrected chi connectivity index (χ2v) is 11.2. The van der Waals surface area contributed by atoms with Crippen molar-refractivity contribution in [1.82, 2.24) is 9.55 Å². The Morgan fingerprint density at radius 3 is 2.27 bits per heavy atom. The summed E-state index contributed by atoms with van der Waals surface area (Å²) in [6.45, 7) is 11.1. The van der Waals surface area contributed by atoms with Crippen molar-refractivity contribution in [2.45, 2.75) is 78.7 Å². The predicted octanol–water partition coefficient (Wildman–Crippen LogP) is 7.68. The number of nitrogens with zero attached hydrogens (tertiary/aromatic N) is 2. The highest BCUT2D eigenvalue weighted by Gasteiger charge is 2.22. The Labute approximate surface area is 242 Å². The summed E-state index contributed by atoms with van der Waals surface area (Å²) in [6, 6.07) is 17.4. The van der Waals surface area contributed by atoms with Crippen LogP contribution in [0.3, 0.4) is 0 Å². The number of carbonyl (C=O) groups excluding carboxylic acids is 1. The molecule has 7 nitrogen and oxygen atoms in total. The van der Waals surface area contributed by atoms with E-state index >= 15 is 0 Å². The molecule has 0 spiro atoms. The van der Waals surface area contributed by atoms with Gasteiger partial charge in [0.15, 0.2) is 0 Å². The van der Waals surface area contributed by atoms with E-state index in [0.29, 0.717) is 30.6 Å². The fourth-order valence-corrected chi connectivity index (χ4v) is 5.34. The van der Waals surface area contributed by atoms with Crippen molar-refractivity contribution in [1.29, 1.82) is 0 Å². The lowest BCUT2D eigenvalue weighted by Crippen LogP contribution is -2.30. The number of aliphatic hydroxyl groups is 1. The molecule has 0 aliphatic carbocycles. The first-order valence-corrected chi connectivity index (χ1v) is 14.7. The molecule has 2 heterocycles.